The lowest BCUT2D eigenvalue weighted by Crippen LogP contribution is -2.30. The quantitative estimate of drug-likeness (QED) is 0.0169. The summed E-state index contributed by atoms with van der Waals surface area (Å²) in [4.78, 5) is 72.7. The predicted octanol–water partition coefficient (Wildman–Crippen LogP) is 21.8. The Morgan fingerprint density at radius 2 is 0.559 bits per heavy atom. The van der Waals surface area contributed by atoms with Crippen LogP contribution in [0.15, 0.2) is 194 Å². The summed E-state index contributed by atoms with van der Waals surface area (Å²) >= 11 is 0. The number of carbonyl (C=O) groups excluding carboxylic acids is 4. The van der Waals surface area contributed by atoms with Gasteiger partial charge in [-0.3, -0.25) is 37.3 Å². The standard InChI is InChI=1S/C83H130O17P2/c1-5-9-13-17-21-25-29-33-36-37-38-39-42-45-48-52-56-60-64-68-81(86)94-74-79(100-83(88)70-66-62-58-54-50-46-41-35-31-27-23-19-15-11-7-3)76-98-102(91,92)96-72-77(84)71-95-101(89,90)97-75-78(99-82(87)69-65-61-57-53-49-43-32-28-24-20-16-12-8-4)73-93-80(85)67-63-59-55-51-47-44-40-34-30-26-22-18-14-10-6-2/h9-11,13-15,21-23,25-28,32-36,38-41,45,47-48,50-51,54,59,62-63,66,77-79,84H,5-8,12,16-20,24,29-31,37,42-44,46,49,52-53,55-58,60-61,64-65,67-76H2,1-4H3,(H,89,90)(H,91,92)/b13-9-,14-10-,15-11-,25-21-,26-22-,27-23-,32-28-,36-33-,39-38-,40-34-,41-35-,48-45-,51-47-,54-50-,63-59-,66-62-. The van der Waals surface area contributed by atoms with Gasteiger partial charge in [-0.15, -0.1) is 0 Å². The molecule has 5 atom stereocenters. The molecule has 19 heteroatoms. The summed E-state index contributed by atoms with van der Waals surface area (Å²) in [5, 5.41) is 10.6. The number of unbranched alkanes of at least 4 members (excludes halogenated alkanes) is 12. The molecule has 0 aromatic carbocycles. The lowest BCUT2D eigenvalue weighted by Gasteiger charge is -2.21. The van der Waals surface area contributed by atoms with Gasteiger partial charge in [-0.1, -0.05) is 267 Å². The normalized spacial score (nSPS) is 15.0. The minimum absolute atomic E-state index is 0.0550. The first kappa shape index (κ1) is 95.9. The number of ether oxygens (including phenoxy) is 4. The number of hydrogen-bond donors (Lipinski definition) is 3. The molecule has 0 aliphatic rings. The van der Waals surface area contributed by atoms with Crippen molar-refractivity contribution in [2.75, 3.05) is 39.6 Å². The van der Waals surface area contributed by atoms with E-state index >= 15 is 0 Å². The molecule has 0 bridgehead atoms. The Bertz CT molecular complexity index is 2700. The first-order valence-electron chi connectivity index (χ1n) is 37.7. The van der Waals surface area contributed by atoms with Crippen LogP contribution in [-0.4, -0.2) is 96.7 Å². The highest BCUT2D eigenvalue weighted by atomic mass is 31.2. The molecule has 0 saturated heterocycles. The number of esters is 4. The van der Waals surface area contributed by atoms with E-state index in [4.69, 9.17) is 37.0 Å². The maximum absolute atomic E-state index is 13.1. The fourth-order valence-electron chi connectivity index (χ4n) is 8.98. The van der Waals surface area contributed by atoms with Gasteiger partial charge in [0.25, 0.3) is 0 Å². The minimum Gasteiger partial charge on any atom is -0.462 e. The van der Waals surface area contributed by atoms with Gasteiger partial charge < -0.3 is 33.8 Å². The number of hydrogen-bond acceptors (Lipinski definition) is 15. The second kappa shape index (κ2) is 73.2. The molecule has 0 heterocycles. The van der Waals surface area contributed by atoms with Crippen molar-refractivity contribution >= 4 is 39.5 Å². The van der Waals surface area contributed by atoms with E-state index in [9.17, 15) is 43.2 Å². The number of phosphoric ester groups is 2. The van der Waals surface area contributed by atoms with Crippen LogP contribution in [0.3, 0.4) is 0 Å². The van der Waals surface area contributed by atoms with Crippen molar-refractivity contribution in [3.05, 3.63) is 194 Å². The van der Waals surface area contributed by atoms with Crippen molar-refractivity contribution in [3.63, 3.8) is 0 Å². The fourth-order valence-corrected chi connectivity index (χ4v) is 10.6. The third-order valence-corrected chi connectivity index (χ3v) is 16.5. The lowest BCUT2D eigenvalue weighted by molar-refractivity contribution is -0.160. The maximum atomic E-state index is 13.1. The summed E-state index contributed by atoms with van der Waals surface area (Å²) in [5.74, 6) is -2.54. The monoisotopic (exact) mass is 1460 g/mol. The average molecular weight is 1460 g/mol. The molecule has 0 radical (unpaired) electrons. The van der Waals surface area contributed by atoms with E-state index in [-0.39, 0.29) is 25.7 Å². The molecular formula is C83H130O17P2. The number of rotatable bonds is 68. The number of carbonyl (C=O) groups is 4. The van der Waals surface area contributed by atoms with E-state index < -0.39 is 97.5 Å². The van der Waals surface area contributed by atoms with Crippen molar-refractivity contribution in [2.24, 2.45) is 0 Å². The number of allylic oxidation sites excluding steroid dienone is 30. The molecule has 0 fully saturated rings. The van der Waals surface area contributed by atoms with Gasteiger partial charge in [-0.25, -0.2) is 9.13 Å². The summed E-state index contributed by atoms with van der Waals surface area (Å²) in [6.45, 7) is 4.18. The third kappa shape index (κ3) is 72.3. The van der Waals surface area contributed by atoms with Crippen LogP contribution >= 0.6 is 15.6 Å². The Morgan fingerprint density at radius 3 is 0.931 bits per heavy atom. The zero-order valence-corrected chi connectivity index (χ0v) is 64.2. The number of phosphoric acid groups is 2. The van der Waals surface area contributed by atoms with E-state index in [1.807, 2.05) is 30.4 Å². The van der Waals surface area contributed by atoms with Crippen LogP contribution in [0.1, 0.15) is 246 Å². The number of aliphatic hydroxyl groups is 1. The van der Waals surface area contributed by atoms with Crippen LogP contribution in [0, 0.1) is 0 Å². The molecule has 574 valence electrons. The average Bonchev–Trinajstić information content (AvgIpc) is 0.924. The van der Waals surface area contributed by atoms with Crippen molar-refractivity contribution in [3.8, 4) is 0 Å². The molecule has 0 aromatic heterocycles. The maximum Gasteiger partial charge on any atom is 0.472 e. The van der Waals surface area contributed by atoms with Gasteiger partial charge in [-0.05, 0) is 148 Å². The van der Waals surface area contributed by atoms with Gasteiger partial charge in [0.05, 0.1) is 39.3 Å². The molecule has 17 nitrogen and oxygen atoms in total. The van der Waals surface area contributed by atoms with Crippen molar-refractivity contribution < 1.29 is 80.2 Å². The zero-order chi connectivity index (χ0) is 74.6. The van der Waals surface area contributed by atoms with Crippen molar-refractivity contribution in [1.29, 1.82) is 0 Å². The van der Waals surface area contributed by atoms with Crippen LogP contribution in [-0.2, 0) is 65.4 Å². The Morgan fingerprint density at radius 1 is 0.294 bits per heavy atom. The molecule has 0 aliphatic carbocycles. The van der Waals surface area contributed by atoms with Crippen LogP contribution in [0.4, 0.5) is 0 Å². The fraction of sp³-hybridized carbons (Fsp3) is 0.566. The van der Waals surface area contributed by atoms with Crippen LogP contribution in [0.5, 0.6) is 0 Å². The summed E-state index contributed by atoms with van der Waals surface area (Å²) in [7, 11) is -10.0. The summed E-state index contributed by atoms with van der Waals surface area (Å²) in [6.07, 6.45) is 89.2. The summed E-state index contributed by atoms with van der Waals surface area (Å²) in [6, 6.07) is 0. The predicted molar refractivity (Wildman–Crippen MR) is 417 cm³/mol. The van der Waals surface area contributed by atoms with E-state index in [0.29, 0.717) is 25.7 Å². The van der Waals surface area contributed by atoms with Crippen LogP contribution in [0.25, 0.3) is 0 Å². The molecular weight excluding hydrogens is 1330 g/mol. The molecule has 0 saturated carbocycles. The first-order chi connectivity index (χ1) is 49.7. The van der Waals surface area contributed by atoms with Gasteiger partial charge >= 0.3 is 39.5 Å². The first-order valence-corrected chi connectivity index (χ1v) is 40.7. The summed E-state index contributed by atoms with van der Waals surface area (Å²) in [5.41, 5.74) is 0. The molecule has 0 spiro atoms. The van der Waals surface area contributed by atoms with Crippen molar-refractivity contribution in [2.45, 2.75) is 264 Å². The van der Waals surface area contributed by atoms with Gasteiger partial charge in [0.15, 0.2) is 12.2 Å². The molecule has 3 N–H and O–H groups in total. The molecule has 0 aromatic rings. The second-order valence-electron chi connectivity index (χ2n) is 24.1. The van der Waals surface area contributed by atoms with E-state index in [0.717, 1.165) is 141 Å². The zero-order valence-electron chi connectivity index (χ0n) is 62.4. The smallest absolute Gasteiger partial charge is 0.462 e. The highest BCUT2D eigenvalue weighted by molar-refractivity contribution is 7.47. The SMILES string of the molecule is CC/C=C\C/C=C\C/C=C\C/C=C\C/C=C\CCCCCC(=O)OCC(COP(=O)(O)OCC(O)COP(=O)(O)OCC(COC(=O)C/C=C\C/C=C\C/C=C\C/C=C\C/C=C\CC)OC(=O)CCCCCCC/C=C\CCCCCC)OC(=O)C/C=C\C/C=C\C/C=C\C/C=C\C/C=C\CC. The lowest BCUT2D eigenvalue weighted by atomic mass is 10.1. The molecule has 0 rings (SSSR count). The molecule has 0 amide bonds. The topological polar surface area (TPSA) is 237 Å². The minimum atomic E-state index is -5.02. The van der Waals surface area contributed by atoms with Crippen LogP contribution < -0.4 is 0 Å². The Hall–Kier alpha value is -6.10. The highest BCUT2D eigenvalue weighted by Crippen LogP contribution is 2.45. The largest absolute Gasteiger partial charge is 0.472 e. The highest BCUT2D eigenvalue weighted by Gasteiger charge is 2.30. The molecule has 5 unspecified atom stereocenters. The van der Waals surface area contributed by atoms with Gasteiger partial charge in [0.2, 0.25) is 0 Å². The van der Waals surface area contributed by atoms with E-state index in [1.54, 1.807) is 18.2 Å². The van der Waals surface area contributed by atoms with Crippen molar-refractivity contribution in [1.82, 2.24) is 0 Å². The molecule has 102 heavy (non-hydrogen) atoms. The van der Waals surface area contributed by atoms with E-state index in [1.165, 1.54) is 25.7 Å². The third-order valence-electron chi connectivity index (χ3n) is 14.6. The molecule has 0 aliphatic heterocycles. The summed E-state index contributed by atoms with van der Waals surface area (Å²) < 4.78 is 68.1. The van der Waals surface area contributed by atoms with Crippen LogP contribution in [0.2, 0.25) is 0 Å². The Labute approximate surface area is 615 Å². The van der Waals surface area contributed by atoms with Gasteiger partial charge in [0, 0.05) is 12.8 Å². The Kier molecular flexibility index (Phi) is 68.8. The van der Waals surface area contributed by atoms with Gasteiger partial charge in [0.1, 0.15) is 19.3 Å². The Balaban J connectivity index is 5.54. The van der Waals surface area contributed by atoms with Gasteiger partial charge in [-0.2, -0.15) is 0 Å². The van der Waals surface area contributed by atoms with E-state index in [2.05, 4.69) is 174 Å². The number of aliphatic hydroxyl groups excluding tert-OH is 1. The second-order valence-corrected chi connectivity index (χ2v) is 27.0.